The van der Waals surface area contributed by atoms with Gasteiger partial charge in [-0.1, -0.05) is 101 Å². The van der Waals surface area contributed by atoms with Crippen molar-refractivity contribution in [3.8, 4) is 12.3 Å². The van der Waals surface area contributed by atoms with Crippen molar-refractivity contribution in [2.75, 3.05) is 0 Å². The molecule has 138 valence electrons. The summed E-state index contributed by atoms with van der Waals surface area (Å²) in [5.74, 6) is 2.94. The van der Waals surface area contributed by atoms with E-state index in [4.69, 9.17) is 6.42 Å². The van der Waals surface area contributed by atoms with Gasteiger partial charge in [0.05, 0.1) is 5.41 Å². The van der Waals surface area contributed by atoms with Crippen molar-refractivity contribution in [3.63, 3.8) is 0 Å². The maximum atomic E-state index is 6.04. The second-order valence-electron chi connectivity index (χ2n) is 7.00. The molecule has 0 spiro atoms. The smallest absolute Gasteiger partial charge is 0.0727 e. The Morgan fingerprint density at radius 3 is 2.41 bits per heavy atom. The summed E-state index contributed by atoms with van der Waals surface area (Å²) >= 11 is 3.63. The van der Waals surface area contributed by atoms with Crippen LogP contribution in [0.3, 0.4) is 0 Å². The fourth-order valence-electron chi connectivity index (χ4n) is 4.24. The highest BCUT2D eigenvalue weighted by atomic mass is 79.9. The van der Waals surface area contributed by atoms with Crippen LogP contribution in [0.5, 0.6) is 0 Å². The lowest BCUT2D eigenvalue weighted by Crippen LogP contribution is -2.29. The molecule has 2 aliphatic rings. The maximum absolute atomic E-state index is 6.04. The Balaban J connectivity index is 2.18. The Labute approximate surface area is 180 Å². The van der Waals surface area contributed by atoms with E-state index in [0.29, 0.717) is 0 Å². The molecule has 0 radical (unpaired) electrons. The number of terminal acetylenes is 1. The molecule has 0 heterocycles. The van der Waals surface area contributed by atoms with E-state index >= 15 is 0 Å². The lowest BCUT2D eigenvalue weighted by Gasteiger charge is -2.35. The second-order valence-corrected chi connectivity index (χ2v) is 8.25. The number of allylic oxidation sites excluding steroid dienone is 8. The predicted molar refractivity (Wildman–Crippen MR) is 125 cm³/mol. The monoisotopic (exact) mass is 434 g/mol. The largest absolute Gasteiger partial charge is 0.115 e. The van der Waals surface area contributed by atoms with E-state index in [-0.39, 0.29) is 0 Å². The first-order valence-electron chi connectivity index (χ1n) is 9.39. The van der Waals surface area contributed by atoms with Crippen molar-refractivity contribution < 1.29 is 0 Å². The molecule has 0 saturated heterocycles. The molecule has 1 atom stereocenters. The van der Waals surface area contributed by atoms with Crippen molar-refractivity contribution in [1.29, 1.82) is 0 Å². The number of hydrogen-bond acceptors (Lipinski definition) is 0. The van der Waals surface area contributed by atoms with E-state index in [1.54, 1.807) is 0 Å². The molecule has 29 heavy (non-hydrogen) atoms. The summed E-state index contributed by atoms with van der Waals surface area (Å²) in [5, 5.41) is 0. The fourth-order valence-corrected chi connectivity index (χ4v) is 4.47. The first kappa shape index (κ1) is 19.1. The molecule has 0 bridgehead atoms. The molecule has 0 nitrogen and oxygen atoms in total. The first-order chi connectivity index (χ1) is 14.1. The fraction of sp³-hybridized carbons (Fsp3) is 0.0714. The van der Waals surface area contributed by atoms with Crippen molar-refractivity contribution in [1.82, 2.24) is 0 Å². The molecule has 1 unspecified atom stereocenters. The normalized spacial score (nSPS) is 20.1. The molecule has 0 aliphatic heterocycles. The molecule has 2 aromatic carbocycles. The molecule has 1 heteroatoms. The minimum atomic E-state index is -0.529. The van der Waals surface area contributed by atoms with Crippen LogP contribution in [0.2, 0.25) is 0 Å². The Kier molecular flexibility index (Phi) is 5.02. The molecule has 2 aliphatic carbocycles. The van der Waals surface area contributed by atoms with Gasteiger partial charge >= 0.3 is 0 Å². The quantitative estimate of drug-likeness (QED) is 0.357. The van der Waals surface area contributed by atoms with E-state index in [0.717, 1.165) is 43.5 Å². The molecule has 0 fully saturated rings. The highest BCUT2D eigenvalue weighted by Gasteiger charge is 2.49. The summed E-state index contributed by atoms with van der Waals surface area (Å²) in [6.45, 7) is 5.91. The Morgan fingerprint density at radius 2 is 1.79 bits per heavy atom. The Hall–Kier alpha value is -3.26. The summed E-state index contributed by atoms with van der Waals surface area (Å²) in [6, 6.07) is 19.0. The van der Waals surface area contributed by atoms with E-state index < -0.39 is 5.41 Å². The number of rotatable bonds is 4. The standard InChI is InChI=1S/C28H19Br/c1-4-21-15-17-23(18-16-21)28(22-11-7-6-8-12-22)26-14-10-9-13-25(26)24(5-2)27(28)19-20(3)29/h2,4,6-8,10-12,14-19H,1H2,3H3/b20-19+. The predicted octanol–water partition coefficient (Wildman–Crippen LogP) is 7.03. The molecule has 0 amide bonds. The minimum absolute atomic E-state index is 0.529. The van der Waals surface area contributed by atoms with Crippen molar-refractivity contribution in [2.45, 2.75) is 12.3 Å². The van der Waals surface area contributed by atoms with Crippen LogP contribution >= 0.6 is 15.9 Å². The third kappa shape index (κ3) is 2.96. The van der Waals surface area contributed by atoms with Crippen molar-refractivity contribution in [3.05, 3.63) is 134 Å². The molecule has 0 saturated carbocycles. The molecule has 0 N–H and O–H groups in total. The van der Waals surface area contributed by atoms with Crippen molar-refractivity contribution in [2.24, 2.45) is 0 Å². The number of halogens is 1. The van der Waals surface area contributed by atoms with Gasteiger partial charge in [-0.3, -0.25) is 0 Å². The summed E-state index contributed by atoms with van der Waals surface area (Å²) < 4.78 is 1.01. The highest BCUT2D eigenvalue weighted by molar-refractivity contribution is 9.11. The lowest BCUT2D eigenvalue weighted by atomic mass is 9.66. The van der Waals surface area contributed by atoms with Crippen LogP contribution in [0.15, 0.2) is 118 Å². The van der Waals surface area contributed by atoms with E-state index in [1.165, 1.54) is 0 Å². The van der Waals surface area contributed by atoms with E-state index in [2.05, 4.69) is 101 Å². The van der Waals surface area contributed by atoms with E-state index in [1.807, 2.05) is 25.1 Å². The SMILES string of the molecule is C#CC1=C(/C=C(\C)Br)C(c2ccccc2)(c2ccc(C=C)cc2)C2=CC=C=C=C21. The second kappa shape index (κ2) is 7.63. The summed E-state index contributed by atoms with van der Waals surface area (Å²) in [6.07, 6.45) is 14.1. The van der Waals surface area contributed by atoms with Gasteiger partial charge in [0.1, 0.15) is 0 Å². The third-order valence-corrected chi connectivity index (χ3v) is 5.63. The number of benzene rings is 2. The van der Waals surface area contributed by atoms with Gasteiger partial charge in [-0.15, -0.1) is 6.42 Å². The number of hydrogen-bond donors (Lipinski definition) is 0. The summed E-state index contributed by atoms with van der Waals surface area (Å²) in [5.41, 5.74) is 13.2. The molecular formula is C28H19Br. The summed E-state index contributed by atoms with van der Waals surface area (Å²) in [4.78, 5) is 0. The van der Waals surface area contributed by atoms with Crippen LogP contribution in [0, 0.1) is 12.3 Å². The van der Waals surface area contributed by atoms with Gasteiger partial charge in [0.25, 0.3) is 0 Å². The minimum Gasteiger partial charge on any atom is -0.115 e. The zero-order chi connectivity index (χ0) is 20.4. The van der Waals surface area contributed by atoms with Gasteiger partial charge < -0.3 is 0 Å². The lowest BCUT2D eigenvalue weighted by molar-refractivity contribution is 0.757. The van der Waals surface area contributed by atoms with Gasteiger partial charge in [-0.05, 0) is 57.5 Å². The highest BCUT2D eigenvalue weighted by Crippen LogP contribution is 2.56. The van der Waals surface area contributed by atoms with Crippen LogP contribution in [0.4, 0.5) is 0 Å². The Bertz CT molecular complexity index is 1220. The number of fused-ring (bicyclic) bond motifs is 1. The zero-order valence-electron chi connectivity index (χ0n) is 16.2. The van der Waals surface area contributed by atoms with Gasteiger partial charge in [-0.2, -0.15) is 0 Å². The Morgan fingerprint density at radius 1 is 1.10 bits per heavy atom. The van der Waals surface area contributed by atoms with Gasteiger partial charge in [-0.25, -0.2) is 0 Å². The molecular weight excluding hydrogens is 416 g/mol. The molecule has 4 rings (SSSR count). The van der Waals surface area contributed by atoms with Gasteiger partial charge in [0.15, 0.2) is 0 Å². The average molecular weight is 435 g/mol. The van der Waals surface area contributed by atoms with Crippen LogP contribution in [-0.4, -0.2) is 0 Å². The average Bonchev–Trinajstić information content (AvgIpc) is 3.03. The first-order valence-corrected chi connectivity index (χ1v) is 10.2. The van der Waals surface area contributed by atoms with Crippen molar-refractivity contribution >= 4 is 22.0 Å². The third-order valence-electron chi connectivity index (χ3n) is 5.40. The maximum Gasteiger partial charge on any atom is 0.0727 e. The molecule has 0 aromatic heterocycles. The van der Waals surface area contributed by atoms with Crippen LogP contribution in [-0.2, 0) is 5.41 Å². The molecule has 2 aromatic rings. The topological polar surface area (TPSA) is 0 Å². The van der Waals surface area contributed by atoms with Crippen LogP contribution in [0.1, 0.15) is 23.6 Å². The van der Waals surface area contributed by atoms with Gasteiger partial charge in [0.2, 0.25) is 0 Å². The van der Waals surface area contributed by atoms with Crippen LogP contribution in [0.25, 0.3) is 6.08 Å². The van der Waals surface area contributed by atoms with Gasteiger partial charge in [0, 0.05) is 11.1 Å². The van der Waals surface area contributed by atoms with Crippen LogP contribution < -0.4 is 0 Å². The zero-order valence-corrected chi connectivity index (χ0v) is 17.8. The summed E-state index contributed by atoms with van der Waals surface area (Å²) in [7, 11) is 0. The van der Waals surface area contributed by atoms with E-state index in [9.17, 15) is 0 Å².